The third-order valence-electron chi connectivity index (χ3n) is 3.17. The first-order valence-electron chi connectivity index (χ1n) is 6.49. The lowest BCUT2D eigenvalue weighted by atomic mass is 10.2. The van der Waals surface area contributed by atoms with E-state index in [9.17, 15) is 18.0 Å². The topological polar surface area (TPSA) is 116 Å². The Kier molecular flexibility index (Phi) is 4.92. The first-order valence-corrected chi connectivity index (χ1v) is 8.69. The van der Waals surface area contributed by atoms with Gasteiger partial charge in [0.05, 0.1) is 17.1 Å². The first kappa shape index (κ1) is 16.6. The molecule has 0 bridgehead atoms. The summed E-state index contributed by atoms with van der Waals surface area (Å²) in [6, 6.07) is 3.90. The van der Waals surface area contributed by atoms with Crippen molar-refractivity contribution in [2.24, 2.45) is 0 Å². The molecular formula is C13H15ClN2O5S. The SMILES string of the molecule is Nc1ccc(Cl)cc1C(=O)OCC(=O)N[C@H]1CCS(=O)(=O)C1. The van der Waals surface area contributed by atoms with Crippen LogP contribution in [0.1, 0.15) is 16.8 Å². The van der Waals surface area contributed by atoms with Crippen molar-refractivity contribution in [3.63, 3.8) is 0 Å². The van der Waals surface area contributed by atoms with Crippen molar-refractivity contribution in [3.8, 4) is 0 Å². The van der Waals surface area contributed by atoms with Gasteiger partial charge in [-0.2, -0.15) is 0 Å². The number of sulfone groups is 1. The van der Waals surface area contributed by atoms with Crippen molar-refractivity contribution in [2.45, 2.75) is 12.5 Å². The predicted octanol–water partition coefficient (Wildman–Crippen LogP) is 0.382. The second-order valence-corrected chi connectivity index (χ2v) is 7.64. The van der Waals surface area contributed by atoms with Gasteiger partial charge in [-0.15, -0.1) is 0 Å². The first-order chi connectivity index (χ1) is 10.3. The maximum absolute atomic E-state index is 11.8. The zero-order valence-electron chi connectivity index (χ0n) is 11.5. The van der Waals surface area contributed by atoms with Crippen molar-refractivity contribution < 1.29 is 22.7 Å². The quantitative estimate of drug-likeness (QED) is 0.601. The Hall–Kier alpha value is -1.80. The largest absolute Gasteiger partial charge is 0.452 e. The Morgan fingerprint density at radius 1 is 1.41 bits per heavy atom. The Balaban J connectivity index is 1.86. The van der Waals surface area contributed by atoms with Crippen LogP contribution < -0.4 is 11.1 Å². The molecule has 0 aliphatic carbocycles. The van der Waals surface area contributed by atoms with Crippen LogP contribution in [0.4, 0.5) is 5.69 Å². The molecule has 0 unspecified atom stereocenters. The molecule has 0 aromatic heterocycles. The number of carbonyl (C=O) groups is 2. The van der Waals surface area contributed by atoms with E-state index in [1.807, 2.05) is 0 Å². The molecule has 1 aromatic carbocycles. The van der Waals surface area contributed by atoms with Gasteiger partial charge in [0.1, 0.15) is 0 Å². The molecule has 120 valence electrons. The number of benzene rings is 1. The predicted molar refractivity (Wildman–Crippen MR) is 81.3 cm³/mol. The second-order valence-electron chi connectivity index (χ2n) is 4.98. The van der Waals surface area contributed by atoms with Crippen LogP contribution >= 0.6 is 11.6 Å². The zero-order valence-corrected chi connectivity index (χ0v) is 13.1. The molecule has 1 heterocycles. The Labute approximate surface area is 132 Å². The second kappa shape index (κ2) is 6.53. The molecule has 9 heteroatoms. The van der Waals surface area contributed by atoms with Gasteiger partial charge in [-0.1, -0.05) is 11.6 Å². The Morgan fingerprint density at radius 2 is 2.14 bits per heavy atom. The molecule has 1 amide bonds. The van der Waals surface area contributed by atoms with Crippen molar-refractivity contribution in [1.82, 2.24) is 5.32 Å². The summed E-state index contributed by atoms with van der Waals surface area (Å²) in [7, 11) is -3.08. The van der Waals surface area contributed by atoms with Crippen molar-refractivity contribution in [1.29, 1.82) is 0 Å². The summed E-state index contributed by atoms with van der Waals surface area (Å²) in [5.74, 6) is -1.37. The average molecular weight is 347 g/mol. The number of rotatable bonds is 4. The molecule has 1 aromatic rings. The molecule has 2 rings (SSSR count). The Morgan fingerprint density at radius 3 is 2.77 bits per heavy atom. The van der Waals surface area contributed by atoms with E-state index in [2.05, 4.69) is 5.32 Å². The van der Waals surface area contributed by atoms with Crippen molar-refractivity contribution in [3.05, 3.63) is 28.8 Å². The van der Waals surface area contributed by atoms with E-state index in [1.165, 1.54) is 18.2 Å². The lowest BCUT2D eigenvalue weighted by Gasteiger charge is -2.11. The van der Waals surface area contributed by atoms with Gasteiger partial charge in [0, 0.05) is 16.8 Å². The number of amides is 1. The molecule has 1 aliphatic rings. The Bertz CT molecular complexity index is 704. The molecule has 1 fully saturated rings. The van der Waals surface area contributed by atoms with Gasteiger partial charge >= 0.3 is 5.97 Å². The summed E-state index contributed by atoms with van der Waals surface area (Å²) in [5, 5.41) is 2.84. The van der Waals surface area contributed by atoms with Crippen LogP contribution in [0.3, 0.4) is 0 Å². The monoisotopic (exact) mass is 346 g/mol. The number of halogens is 1. The molecule has 22 heavy (non-hydrogen) atoms. The number of ether oxygens (including phenoxy) is 1. The maximum Gasteiger partial charge on any atom is 0.340 e. The number of esters is 1. The molecule has 1 aliphatic heterocycles. The minimum absolute atomic E-state index is 0.0524. The van der Waals surface area contributed by atoms with Gasteiger partial charge in [-0.3, -0.25) is 4.79 Å². The van der Waals surface area contributed by atoms with Crippen LogP contribution in [0.15, 0.2) is 18.2 Å². The number of anilines is 1. The third kappa shape index (κ3) is 4.35. The van der Waals surface area contributed by atoms with Gasteiger partial charge < -0.3 is 15.8 Å². The van der Waals surface area contributed by atoms with E-state index in [4.69, 9.17) is 22.1 Å². The molecule has 0 radical (unpaired) electrons. The van der Waals surface area contributed by atoms with Crippen LogP contribution in [0, 0.1) is 0 Å². The number of hydrogen-bond donors (Lipinski definition) is 2. The molecule has 1 atom stereocenters. The molecule has 0 saturated carbocycles. The van der Waals surface area contributed by atoms with E-state index < -0.39 is 34.4 Å². The van der Waals surface area contributed by atoms with Gasteiger partial charge in [0.2, 0.25) is 0 Å². The number of carbonyl (C=O) groups excluding carboxylic acids is 2. The number of hydrogen-bond acceptors (Lipinski definition) is 6. The highest BCUT2D eigenvalue weighted by Crippen LogP contribution is 2.18. The lowest BCUT2D eigenvalue weighted by Crippen LogP contribution is -2.38. The fourth-order valence-electron chi connectivity index (χ4n) is 2.09. The van der Waals surface area contributed by atoms with E-state index in [0.29, 0.717) is 11.4 Å². The molecular weight excluding hydrogens is 332 g/mol. The van der Waals surface area contributed by atoms with Crippen molar-refractivity contribution in [2.75, 3.05) is 23.8 Å². The summed E-state index contributed by atoms with van der Waals surface area (Å²) < 4.78 is 27.4. The fourth-order valence-corrected chi connectivity index (χ4v) is 3.94. The number of nitrogen functional groups attached to an aromatic ring is 1. The normalized spacial score (nSPS) is 19.6. The number of nitrogens with one attached hydrogen (secondary N) is 1. The number of nitrogens with two attached hydrogens (primary N) is 1. The highest BCUT2D eigenvalue weighted by atomic mass is 35.5. The van der Waals surface area contributed by atoms with E-state index >= 15 is 0 Å². The minimum Gasteiger partial charge on any atom is -0.452 e. The van der Waals surface area contributed by atoms with Gasteiger partial charge in [0.25, 0.3) is 5.91 Å². The molecule has 1 saturated heterocycles. The van der Waals surface area contributed by atoms with E-state index in [0.717, 1.165) is 0 Å². The summed E-state index contributed by atoms with van der Waals surface area (Å²) in [6.07, 6.45) is 0.364. The lowest BCUT2D eigenvalue weighted by molar-refractivity contribution is -0.124. The maximum atomic E-state index is 11.8. The standard InChI is InChI=1S/C13H15ClN2O5S/c14-8-1-2-11(15)10(5-8)13(18)21-6-12(17)16-9-3-4-22(19,20)7-9/h1-2,5,9H,3-4,6-7,15H2,(H,16,17)/t9-/m0/s1. The van der Waals surface area contributed by atoms with Crippen LogP contribution in [0.5, 0.6) is 0 Å². The van der Waals surface area contributed by atoms with E-state index in [1.54, 1.807) is 0 Å². The van der Waals surface area contributed by atoms with Crippen LogP contribution in [-0.2, 0) is 19.4 Å². The molecule has 3 N–H and O–H groups in total. The third-order valence-corrected chi connectivity index (χ3v) is 5.17. The van der Waals surface area contributed by atoms with Crippen molar-refractivity contribution >= 4 is 39.0 Å². The van der Waals surface area contributed by atoms with Crippen LogP contribution in [0.25, 0.3) is 0 Å². The van der Waals surface area contributed by atoms with E-state index in [-0.39, 0.29) is 22.8 Å². The average Bonchev–Trinajstić information content (AvgIpc) is 2.78. The zero-order chi connectivity index (χ0) is 16.3. The summed E-state index contributed by atoms with van der Waals surface area (Å²) in [6.45, 7) is -0.513. The highest BCUT2D eigenvalue weighted by Gasteiger charge is 2.29. The minimum atomic E-state index is -3.08. The van der Waals surface area contributed by atoms with Crippen LogP contribution in [0.2, 0.25) is 5.02 Å². The van der Waals surface area contributed by atoms with Crippen LogP contribution in [-0.4, -0.2) is 44.4 Å². The van der Waals surface area contributed by atoms with Gasteiger partial charge in [-0.25, -0.2) is 13.2 Å². The van der Waals surface area contributed by atoms with Gasteiger partial charge in [-0.05, 0) is 24.6 Å². The smallest absolute Gasteiger partial charge is 0.340 e. The summed E-state index contributed by atoms with van der Waals surface area (Å²) in [4.78, 5) is 23.5. The highest BCUT2D eigenvalue weighted by molar-refractivity contribution is 7.91. The molecule has 7 nitrogen and oxygen atoms in total. The summed E-state index contributed by atoms with van der Waals surface area (Å²) in [5.41, 5.74) is 5.90. The fraction of sp³-hybridized carbons (Fsp3) is 0.385. The molecule has 0 spiro atoms. The van der Waals surface area contributed by atoms with Gasteiger partial charge in [0.15, 0.2) is 16.4 Å². The summed E-state index contributed by atoms with van der Waals surface area (Å²) >= 11 is 5.76.